The van der Waals surface area contributed by atoms with Gasteiger partial charge in [-0.1, -0.05) is 0 Å². The van der Waals surface area contributed by atoms with Crippen molar-refractivity contribution in [2.45, 2.75) is 19.3 Å². The molecule has 1 unspecified atom stereocenters. The molecule has 1 aliphatic heterocycles. The molecule has 58 valence electrons. The second-order valence-electron chi connectivity index (χ2n) is 3.66. The van der Waals surface area contributed by atoms with E-state index in [1.807, 2.05) is 0 Å². The van der Waals surface area contributed by atoms with Gasteiger partial charge in [-0.15, -0.1) is 0 Å². The molecule has 1 nitrogen and oxygen atoms in total. The van der Waals surface area contributed by atoms with Gasteiger partial charge in [-0.3, -0.25) is 0 Å². The fraction of sp³-hybridized carbons (Fsp3) is 0.400. The van der Waals surface area contributed by atoms with Crippen LogP contribution in [0, 0.1) is 0 Å². The van der Waals surface area contributed by atoms with Gasteiger partial charge in [-0.25, -0.2) is 0 Å². The van der Waals surface area contributed by atoms with Gasteiger partial charge in [0, 0.05) is 0 Å². The van der Waals surface area contributed by atoms with E-state index in [-0.39, 0.29) is 0 Å². The summed E-state index contributed by atoms with van der Waals surface area (Å²) in [6, 6.07) is 6.56. The van der Waals surface area contributed by atoms with Crippen molar-refractivity contribution in [1.82, 2.24) is 0 Å². The molecule has 2 heteroatoms. The summed E-state index contributed by atoms with van der Waals surface area (Å²) in [4.78, 5) is 0. The molecule has 1 aromatic carbocycles. The van der Waals surface area contributed by atoms with E-state index in [4.69, 9.17) is 0 Å². The Morgan fingerprint density at radius 3 is 3.08 bits per heavy atom. The Bertz CT molecular complexity index is 296. The maximum absolute atomic E-state index is 3.46. The summed E-state index contributed by atoms with van der Waals surface area (Å²) in [5.41, 5.74) is 2.86. The Kier molecular flexibility index (Phi) is 2.17. The number of hydrogen-bond donors (Lipinski definition) is 1. The van der Waals surface area contributed by atoms with Gasteiger partial charge in [0.25, 0.3) is 0 Å². The zero-order valence-corrected chi connectivity index (χ0v) is 7.72. The Balaban J connectivity index is 2.52. The summed E-state index contributed by atoms with van der Waals surface area (Å²) < 4.78 is 1.37. The number of rotatable bonds is 0. The van der Waals surface area contributed by atoms with Crippen LogP contribution in [0.1, 0.15) is 24.8 Å². The molecule has 0 amide bonds. The van der Waals surface area contributed by atoms with Crippen molar-refractivity contribution in [2.24, 2.45) is 0 Å². The first-order valence-corrected chi connectivity index (χ1v) is 4.62. The van der Waals surface area contributed by atoms with E-state index in [1.54, 1.807) is 0 Å². The first-order chi connectivity index (χ1) is 5.79. The van der Waals surface area contributed by atoms with Crippen LogP contribution in [-0.4, -0.2) is 24.3 Å². The van der Waals surface area contributed by atoms with Gasteiger partial charge in [0.05, 0.1) is 0 Å². The molecule has 0 saturated carbocycles. The van der Waals surface area contributed by atoms with Crippen LogP contribution in [0.5, 0.6) is 0 Å². The Morgan fingerprint density at radius 1 is 1.50 bits per heavy atom. The number of para-hydroxylation sites is 1. The molecule has 0 aliphatic carbocycles. The molecule has 0 radical (unpaired) electrons. The van der Waals surface area contributed by atoms with Crippen molar-refractivity contribution in [3.63, 3.8) is 0 Å². The normalized spacial score (nSPS) is 21.4. The number of hydrogen-bond acceptors (Lipinski definition) is 1. The second kappa shape index (κ2) is 3.16. The molecule has 0 saturated heterocycles. The fourth-order valence-electron chi connectivity index (χ4n) is 1.91. The van der Waals surface area contributed by atoms with E-state index < -0.39 is 0 Å². The van der Waals surface area contributed by atoms with Gasteiger partial charge in [0.1, 0.15) is 0 Å². The Morgan fingerprint density at radius 2 is 2.33 bits per heavy atom. The van der Waals surface area contributed by atoms with E-state index in [0.717, 1.165) is 12.5 Å². The Hall–Kier alpha value is -0.383. The third-order valence-electron chi connectivity index (χ3n) is 2.72. The van der Waals surface area contributed by atoms with Crippen LogP contribution in [0.3, 0.4) is 0 Å². The van der Waals surface area contributed by atoms with Crippen molar-refractivity contribution < 1.29 is 0 Å². The number of fused-ring (bicyclic) bond motifs is 1. The van der Waals surface area contributed by atoms with Crippen LogP contribution in [0.2, 0.25) is 0 Å². The summed E-state index contributed by atoms with van der Waals surface area (Å²) in [7, 11) is 0. The van der Waals surface area contributed by atoms with Crippen LogP contribution < -0.4 is 9.55 Å². The number of anilines is 1. The summed E-state index contributed by atoms with van der Waals surface area (Å²) >= 11 is 2.17. The first kappa shape index (κ1) is 8.23. The van der Waals surface area contributed by atoms with Gasteiger partial charge < -0.3 is 0 Å². The van der Waals surface area contributed by atoms with Crippen molar-refractivity contribution in [3.8, 4) is 0 Å². The molecule has 1 heterocycles. The van der Waals surface area contributed by atoms with Crippen molar-refractivity contribution >= 4 is 27.6 Å². The minimum absolute atomic E-state index is 0.723. The van der Waals surface area contributed by atoms with Crippen LogP contribution in [-0.2, 0) is 0 Å². The third kappa shape index (κ3) is 1.28. The standard InChI is InChI=1S/C10H12N.Li/c1-8-6-7-11-10-5-3-2-4-9(8)10;/h2-4,8,11H,6-7H2,1H3;. The topological polar surface area (TPSA) is 12.0 Å². The summed E-state index contributed by atoms with van der Waals surface area (Å²) in [6.45, 7) is 3.43. The van der Waals surface area contributed by atoms with E-state index in [1.165, 1.54) is 21.9 Å². The van der Waals surface area contributed by atoms with Gasteiger partial charge in [-0.05, 0) is 0 Å². The number of nitrogens with one attached hydrogen (secondary N) is 1. The predicted octanol–water partition coefficient (Wildman–Crippen LogP) is 1.40. The fourth-order valence-corrected chi connectivity index (χ4v) is 1.91. The molecular weight excluding hydrogens is 141 g/mol. The molecule has 12 heavy (non-hydrogen) atoms. The zero-order chi connectivity index (χ0) is 8.55. The van der Waals surface area contributed by atoms with E-state index >= 15 is 0 Å². The summed E-state index contributed by atoms with van der Waals surface area (Å²) in [5, 5.41) is 3.46. The molecule has 0 aromatic heterocycles. The van der Waals surface area contributed by atoms with Crippen molar-refractivity contribution in [3.05, 3.63) is 23.8 Å². The quantitative estimate of drug-likeness (QED) is 0.555. The monoisotopic (exact) mass is 153 g/mol. The second-order valence-corrected chi connectivity index (χ2v) is 3.66. The molecule has 0 bridgehead atoms. The molecule has 0 fully saturated rings. The third-order valence-corrected chi connectivity index (χ3v) is 2.72. The Labute approximate surface area is 82.8 Å². The molecule has 1 N–H and O–H groups in total. The molecule has 1 aromatic rings. The van der Waals surface area contributed by atoms with Gasteiger partial charge in [0.2, 0.25) is 0 Å². The van der Waals surface area contributed by atoms with Gasteiger partial charge in [-0.2, -0.15) is 0 Å². The minimum atomic E-state index is 0.723. The molecular formula is C10H12LiN. The molecule has 1 aliphatic rings. The van der Waals surface area contributed by atoms with Gasteiger partial charge >= 0.3 is 82.5 Å². The SMILES string of the molecule is [Li][c]1cccc2c1NCCC2C. The van der Waals surface area contributed by atoms with Crippen LogP contribution in [0.25, 0.3) is 0 Å². The van der Waals surface area contributed by atoms with Gasteiger partial charge in [0.15, 0.2) is 0 Å². The first-order valence-electron chi connectivity index (χ1n) is 4.62. The van der Waals surface area contributed by atoms with Crippen LogP contribution in [0.4, 0.5) is 5.69 Å². The summed E-state index contributed by atoms with van der Waals surface area (Å²) in [5.74, 6) is 0.723. The average Bonchev–Trinajstić information content (AvgIpc) is 2.07. The van der Waals surface area contributed by atoms with Crippen LogP contribution in [0.15, 0.2) is 18.2 Å². The average molecular weight is 153 g/mol. The molecule has 0 spiro atoms. The predicted molar refractivity (Wildman–Crippen MR) is 53.4 cm³/mol. The maximum atomic E-state index is 3.46. The molecule has 2 rings (SSSR count). The summed E-state index contributed by atoms with van der Waals surface area (Å²) in [6.07, 6.45) is 1.26. The van der Waals surface area contributed by atoms with Crippen molar-refractivity contribution in [2.75, 3.05) is 11.9 Å². The van der Waals surface area contributed by atoms with E-state index in [2.05, 4.69) is 48.2 Å². The van der Waals surface area contributed by atoms with E-state index in [9.17, 15) is 0 Å². The van der Waals surface area contributed by atoms with Crippen molar-refractivity contribution in [1.29, 1.82) is 0 Å². The zero-order valence-electron chi connectivity index (χ0n) is 7.72. The van der Waals surface area contributed by atoms with Crippen LogP contribution >= 0.6 is 0 Å². The van der Waals surface area contributed by atoms with E-state index in [0.29, 0.717) is 0 Å². The number of benzene rings is 1. The molecule has 1 atom stereocenters.